The van der Waals surface area contributed by atoms with Crippen LogP contribution in [0.4, 0.5) is 0 Å². The van der Waals surface area contributed by atoms with E-state index in [2.05, 4.69) is 19.1 Å². The number of allylic oxidation sites excluding steroid dienone is 2. The Labute approximate surface area is 184 Å². The van der Waals surface area contributed by atoms with E-state index in [1.165, 1.54) is 83.5 Å². The number of aliphatic hydroxyl groups excluding tert-OH is 3. The van der Waals surface area contributed by atoms with Crippen molar-refractivity contribution in [2.75, 3.05) is 19.8 Å². The predicted molar refractivity (Wildman–Crippen MR) is 123 cm³/mol. The van der Waals surface area contributed by atoms with E-state index in [0.29, 0.717) is 6.61 Å². The van der Waals surface area contributed by atoms with Crippen molar-refractivity contribution in [3.63, 3.8) is 0 Å². The van der Waals surface area contributed by atoms with Gasteiger partial charge >= 0.3 is 0 Å². The average Bonchev–Trinajstić information content (AvgIpc) is 2.75. The molecule has 0 aromatic heterocycles. The quantitative estimate of drug-likeness (QED) is 0.201. The molecule has 1 aliphatic rings. The summed E-state index contributed by atoms with van der Waals surface area (Å²) >= 11 is 0. The van der Waals surface area contributed by atoms with Gasteiger partial charge in [0.25, 0.3) is 0 Å². The van der Waals surface area contributed by atoms with Crippen molar-refractivity contribution in [2.24, 2.45) is 0 Å². The van der Waals surface area contributed by atoms with E-state index >= 15 is 0 Å². The standard InChI is InChI=1S/C25H48O5/c1-2-3-4-5-6-7-8-9-10-11-12-13-14-15-16-17-18-19-29-23-21-30-22(20-26)24(27)25(23)28/h2-3,22-28H,4-21H2,1H3/b3-2+/t22-,23+,24-,25-/m0/s1. The van der Waals surface area contributed by atoms with Crippen LogP contribution in [-0.4, -0.2) is 59.6 Å². The maximum absolute atomic E-state index is 10.0. The summed E-state index contributed by atoms with van der Waals surface area (Å²) in [5.41, 5.74) is 0. The minimum Gasteiger partial charge on any atom is -0.394 e. The highest BCUT2D eigenvalue weighted by Gasteiger charge is 2.38. The van der Waals surface area contributed by atoms with E-state index in [0.717, 1.165) is 12.8 Å². The smallest absolute Gasteiger partial charge is 0.111 e. The molecule has 1 heterocycles. The molecule has 0 unspecified atom stereocenters. The molecule has 1 saturated heterocycles. The Morgan fingerprint density at radius 1 is 0.767 bits per heavy atom. The van der Waals surface area contributed by atoms with Crippen LogP contribution in [0.3, 0.4) is 0 Å². The largest absolute Gasteiger partial charge is 0.394 e. The van der Waals surface area contributed by atoms with Gasteiger partial charge in [-0.2, -0.15) is 0 Å². The molecule has 4 atom stereocenters. The molecule has 0 aliphatic carbocycles. The SMILES string of the molecule is C/C=C/CCCCCCCCCCCCCCCCO[C@@H]1CO[C@@H](CO)[C@H](O)[C@H]1O. The van der Waals surface area contributed by atoms with Crippen LogP contribution in [0.1, 0.15) is 103 Å². The summed E-state index contributed by atoms with van der Waals surface area (Å²) in [7, 11) is 0. The Bertz CT molecular complexity index is 401. The summed E-state index contributed by atoms with van der Waals surface area (Å²) in [5.74, 6) is 0. The summed E-state index contributed by atoms with van der Waals surface area (Å²) < 4.78 is 11.0. The van der Waals surface area contributed by atoms with Crippen LogP contribution in [-0.2, 0) is 9.47 Å². The van der Waals surface area contributed by atoms with Crippen LogP contribution in [0.2, 0.25) is 0 Å². The molecule has 30 heavy (non-hydrogen) atoms. The first-order valence-electron chi connectivity index (χ1n) is 12.5. The van der Waals surface area contributed by atoms with Crippen LogP contribution < -0.4 is 0 Å². The van der Waals surface area contributed by atoms with Crippen molar-refractivity contribution in [2.45, 2.75) is 128 Å². The first-order chi connectivity index (χ1) is 14.7. The molecule has 0 amide bonds. The van der Waals surface area contributed by atoms with Crippen molar-refractivity contribution >= 4 is 0 Å². The Hall–Kier alpha value is -0.460. The van der Waals surface area contributed by atoms with Crippen molar-refractivity contribution in [3.05, 3.63) is 12.2 Å². The van der Waals surface area contributed by atoms with Gasteiger partial charge in [0.05, 0.1) is 13.2 Å². The van der Waals surface area contributed by atoms with Gasteiger partial charge in [-0.05, 0) is 26.2 Å². The fourth-order valence-corrected chi connectivity index (χ4v) is 4.05. The van der Waals surface area contributed by atoms with Gasteiger partial charge in [-0.3, -0.25) is 0 Å². The van der Waals surface area contributed by atoms with E-state index in [1.54, 1.807) is 0 Å². The third-order valence-corrected chi connectivity index (χ3v) is 6.10. The second-order valence-electron chi connectivity index (χ2n) is 8.75. The van der Waals surface area contributed by atoms with Crippen molar-refractivity contribution in [1.29, 1.82) is 0 Å². The van der Waals surface area contributed by atoms with Crippen LogP contribution in [0.15, 0.2) is 12.2 Å². The lowest BCUT2D eigenvalue weighted by atomic mass is 10.0. The van der Waals surface area contributed by atoms with Gasteiger partial charge in [0.2, 0.25) is 0 Å². The van der Waals surface area contributed by atoms with E-state index in [-0.39, 0.29) is 13.2 Å². The predicted octanol–water partition coefficient (Wildman–Crippen LogP) is 4.91. The molecule has 3 N–H and O–H groups in total. The first-order valence-corrected chi connectivity index (χ1v) is 12.5. The lowest BCUT2D eigenvalue weighted by Crippen LogP contribution is -2.55. The molecule has 1 rings (SSSR count). The van der Waals surface area contributed by atoms with E-state index in [1.807, 2.05) is 0 Å². The van der Waals surface area contributed by atoms with Crippen LogP contribution in [0, 0.1) is 0 Å². The van der Waals surface area contributed by atoms with Gasteiger partial charge in [-0.15, -0.1) is 0 Å². The summed E-state index contributed by atoms with van der Waals surface area (Å²) in [6, 6.07) is 0. The zero-order valence-corrected chi connectivity index (χ0v) is 19.4. The second-order valence-corrected chi connectivity index (χ2v) is 8.75. The Kier molecular flexibility index (Phi) is 17.7. The molecule has 178 valence electrons. The molecule has 5 heteroatoms. The van der Waals surface area contributed by atoms with Crippen LogP contribution in [0.25, 0.3) is 0 Å². The maximum Gasteiger partial charge on any atom is 0.111 e. The van der Waals surface area contributed by atoms with Crippen LogP contribution in [0.5, 0.6) is 0 Å². The minimum absolute atomic E-state index is 0.222. The molecule has 5 nitrogen and oxygen atoms in total. The topological polar surface area (TPSA) is 79.2 Å². The number of hydrogen-bond acceptors (Lipinski definition) is 5. The fraction of sp³-hybridized carbons (Fsp3) is 0.920. The highest BCUT2D eigenvalue weighted by Crippen LogP contribution is 2.18. The maximum atomic E-state index is 10.0. The number of unbranched alkanes of at least 4 members (excludes halogenated alkanes) is 14. The summed E-state index contributed by atoms with van der Waals surface area (Å²) in [4.78, 5) is 0. The third-order valence-electron chi connectivity index (χ3n) is 6.10. The second kappa shape index (κ2) is 19.2. The fourth-order valence-electron chi connectivity index (χ4n) is 4.05. The van der Waals surface area contributed by atoms with E-state index < -0.39 is 24.4 Å². The molecule has 1 fully saturated rings. The normalized spacial score (nSPS) is 24.7. The number of hydrogen-bond donors (Lipinski definition) is 3. The average molecular weight is 429 g/mol. The molecule has 0 bridgehead atoms. The Morgan fingerprint density at radius 2 is 1.27 bits per heavy atom. The minimum atomic E-state index is -1.08. The molecule has 0 aromatic rings. The van der Waals surface area contributed by atoms with Crippen molar-refractivity contribution in [1.82, 2.24) is 0 Å². The number of rotatable bonds is 19. The lowest BCUT2D eigenvalue weighted by molar-refractivity contribution is -0.208. The summed E-state index contributed by atoms with van der Waals surface area (Å²) in [6.07, 6.45) is 20.8. The zero-order chi connectivity index (χ0) is 21.9. The van der Waals surface area contributed by atoms with Gasteiger partial charge < -0.3 is 24.8 Å². The highest BCUT2D eigenvalue weighted by atomic mass is 16.6. The molecule has 1 aliphatic heterocycles. The Morgan fingerprint density at radius 3 is 1.77 bits per heavy atom. The van der Waals surface area contributed by atoms with Crippen molar-refractivity contribution in [3.8, 4) is 0 Å². The molecular weight excluding hydrogens is 380 g/mol. The van der Waals surface area contributed by atoms with Gasteiger partial charge in [-0.25, -0.2) is 0 Å². The van der Waals surface area contributed by atoms with Gasteiger partial charge in [0.15, 0.2) is 0 Å². The highest BCUT2D eigenvalue weighted by molar-refractivity contribution is 4.87. The van der Waals surface area contributed by atoms with Gasteiger partial charge in [0.1, 0.15) is 24.4 Å². The van der Waals surface area contributed by atoms with E-state index in [4.69, 9.17) is 14.6 Å². The monoisotopic (exact) mass is 428 g/mol. The van der Waals surface area contributed by atoms with Gasteiger partial charge in [-0.1, -0.05) is 89.2 Å². The number of aliphatic hydroxyl groups is 3. The van der Waals surface area contributed by atoms with Crippen molar-refractivity contribution < 1.29 is 24.8 Å². The number of ether oxygens (including phenoxy) is 2. The first kappa shape index (κ1) is 27.6. The molecular formula is C25H48O5. The molecule has 0 aromatic carbocycles. The Balaban J connectivity index is 1.79. The van der Waals surface area contributed by atoms with Gasteiger partial charge in [0, 0.05) is 6.61 Å². The molecule has 0 radical (unpaired) electrons. The van der Waals surface area contributed by atoms with E-state index in [9.17, 15) is 10.2 Å². The summed E-state index contributed by atoms with van der Waals surface area (Å²) in [5, 5.41) is 28.9. The third kappa shape index (κ3) is 13.1. The van der Waals surface area contributed by atoms with Crippen LogP contribution >= 0.6 is 0 Å². The summed E-state index contributed by atoms with van der Waals surface area (Å²) in [6.45, 7) is 2.61. The molecule has 0 spiro atoms. The lowest BCUT2D eigenvalue weighted by Gasteiger charge is -2.36. The zero-order valence-electron chi connectivity index (χ0n) is 19.4. The molecule has 0 saturated carbocycles.